The molecule has 3 aliphatic heterocycles. The molecule has 0 saturated carbocycles. The molecular weight excluding hydrogens is 385 g/mol. The predicted molar refractivity (Wildman–Crippen MR) is 113 cm³/mol. The summed E-state index contributed by atoms with van der Waals surface area (Å²) in [5.41, 5.74) is 2.43. The minimum Gasteiger partial charge on any atom is -0.378 e. The molecule has 0 aromatic heterocycles. The lowest BCUT2D eigenvalue weighted by molar-refractivity contribution is -0.122. The highest BCUT2D eigenvalue weighted by Crippen LogP contribution is 2.32. The number of nitrogens with one attached hydrogen (secondary N) is 2. The van der Waals surface area contributed by atoms with Crippen molar-refractivity contribution in [3.63, 3.8) is 0 Å². The molecule has 2 atom stereocenters. The second-order valence-corrected chi connectivity index (χ2v) is 7.68. The van der Waals surface area contributed by atoms with E-state index in [-0.39, 0.29) is 30.7 Å². The van der Waals surface area contributed by atoms with E-state index in [0.29, 0.717) is 31.0 Å². The first-order chi connectivity index (χ1) is 12.3. The molecule has 7 heteroatoms. The Morgan fingerprint density at radius 1 is 1.11 bits per heavy atom. The molecule has 152 valence electrons. The van der Waals surface area contributed by atoms with Gasteiger partial charge < -0.3 is 20.3 Å². The number of para-hydroxylation sites is 1. The molecule has 0 aliphatic carbocycles. The van der Waals surface area contributed by atoms with E-state index in [1.54, 1.807) is 0 Å². The van der Waals surface area contributed by atoms with Gasteiger partial charge in [0.15, 0.2) is 0 Å². The van der Waals surface area contributed by atoms with Crippen molar-refractivity contribution in [2.24, 2.45) is 5.92 Å². The molecule has 3 aliphatic rings. The first-order valence-corrected chi connectivity index (χ1v) is 9.71. The largest absolute Gasteiger partial charge is 0.378 e. The molecule has 2 N–H and O–H groups in total. The summed E-state index contributed by atoms with van der Waals surface area (Å²) in [6.07, 6.45) is 5.57. The third-order valence-corrected chi connectivity index (χ3v) is 5.86. The molecule has 0 spiro atoms. The van der Waals surface area contributed by atoms with E-state index < -0.39 is 0 Å². The van der Waals surface area contributed by atoms with Gasteiger partial charge in [0.2, 0.25) is 5.91 Å². The summed E-state index contributed by atoms with van der Waals surface area (Å²) in [5.74, 6) is 0.747. The van der Waals surface area contributed by atoms with Crippen LogP contribution in [0.3, 0.4) is 0 Å². The second-order valence-electron chi connectivity index (χ2n) is 7.68. The van der Waals surface area contributed by atoms with Crippen LogP contribution in [0.1, 0.15) is 37.7 Å². The van der Waals surface area contributed by atoms with Crippen LogP contribution in [0, 0.1) is 5.92 Å². The molecule has 27 heavy (non-hydrogen) atoms. The molecule has 2 unspecified atom stereocenters. The van der Waals surface area contributed by atoms with Gasteiger partial charge in [-0.1, -0.05) is 18.2 Å². The monoisotopic (exact) mass is 415 g/mol. The summed E-state index contributed by atoms with van der Waals surface area (Å²) in [7, 11) is 0. The number of anilines is 1. The van der Waals surface area contributed by atoms with Gasteiger partial charge in [0, 0.05) is 43.8 Å². The Balaban J connectivity index is 0.00000131. The summed E-state index contributed by atoms with van der Waals surface area (Å²) < 4.78 is 5.45. The number of rotatable bonds is 5. The lowest BCUT2D eigenvalue weighted by Crippen LogP contribution is -2.40. The van der Waals surface area contributed by atoms with Gasteiger partial charge >= 0.3 is 0 Å². The van der Waals surface area contributed by atoms with Gasteiger partial charge in [0.05, 0.1) is 13.2 Å². The number of hydrogen-bond donors (Lipinski definition) is 2. The number of hydrogen-bond acceptors (Lipinski definition) is 4. The minimum atomic E-state index is 0. The van der Waals surface area contributed by atoms with Crippen molar-refractivity contribution >= 4 is 36.4 Å². The highest BCUT2D eigenvalue weighted by atomic mass is 35.5. The quantitative estimate of drug-likeness (QED) is 0.775. The van der Waals surface area contributed by atoms with Gasteiger partial charge in [-0.3, -0.25) is 4.79 Å². The Morgan fingerprint density at radius 2 is 1.78 bits per heavy atom. The van der Waals surface area contributed by atoms with Crippen LogP contribution in [0.2, 0.25) is 0 Å². The van der Waals surface area contributed by atoms with Crippen molar-refractivity contribution in [2.45, 2.75) is 50.7 Å². The molecule has 5 nitrogen and oxygen atoms in total. The first-order valence-electron chi connectivity index (χ1n) is 9.71. The Kier molecular flexibility index (Phi) is 8.67. The normalized spacial score (nSPS) is 26.7. The lowest BCUT2D eigenvalue weighted by atomic mass is 9.89. The van der Waals surface area contributed by atoms with E-state index in [2.05, 4.69) is 39.8 Å². The van der Waals surface area contributed by atoms with E-state index in [1.165, 1.54) is 24.1 Å². The van der Waals surface area contributed by atoms with Gasteiger partial charge in [-0.25, -0.2) is 0 Å². The summed E-state index contributed by atoms with van der Waals surface area (Å²) in [6.45, 7) is 4.01. The van der Waals surface area contributed by atoms with Gasteiger partial charge in [-0.05, 0) is 43.2 Å². The zero-order valence-electron chi connectivity index (χ0n) is 15.7. The number of morpholine rings is 1. The number of piperidine rings is 1. The number of amides is 1. The summed E-state index contributed by atoms with van der Waals surface area (Å²) in [4.78, 5) is 14.8. The minimum absolute atomic E-state index is 0. The average Bonchev–Trinajstić information content (AvgIpc) is 2.99. The number of halogens is 2. The Morgan fingerprint density at radius 3 is 2.48 bits per heavy atom. The zero-order valence-corrected chi connectivity index (χ0v) is 17.3. The third-order valence-electron chi connectivity index (χ3n) is 5.86. The maximum absolute atomic E-state index is 12.4. The molecule has 2 bridgehead atoms. The van der Waals surface area contributed by atoms with E-state index >= 15 is 0 Å². The van der Waals surface area contributed by atoms with Gasteiger partial charge in [0.1, 0.15) is 0 Å². The molecule has 0 radical (unpaired) electrons. The predicted octanol–water partition coefficient (Wildman–Crippen LogP) is 2.90. The van der Waals surface area contributed by atoms with Crippen LogP contribution < -0.4 is 15.5 Å². The van der Waals surface area contributed by atoms with Crippen molar-refractivity contribution in [3.05, 3.63) is 29.8 Å². The van der Waals surface area contributed by atoms with Gasteiger partial charge in [-0.2, -0.15) is 0 Å². The van der Waals surface area contributed by atoms with Crippen LogP contribution in [0.25, 0.3) is 0 Å². The Bertz CT molecular complexity index is 599. The smallest absolute Gasteiger partial charge is 0.220 e. The molecule has 1 aromatic carbocycles. The van der Waals surface area contributed by atoms with Gasteiger partial charge in [0.25, 0.3) is 0 Å². The lowest BCUT2D eigenvalue weighted by Gasteiger charge is -2.31. The number of ether oxygens (including phenoxy) is 1. The van der Waals surface area contributed by atoms with Crippen molar-refractivity contribution in [1.82, 2.24) is 10.6 Å². The first kappa shape index (κ1) is 22.3. The molecule has 4 rings (SSSR count). The third kappa shape index (κ3) is 5.74. The molecule has 1 aromatic rings. The number of nitrogens with zero attached hydrogens (tertiary/aromatic N) is 1. The van der Waals surface area contributed by atoms with Crippen LogP contribution in [0.5, 0.6) is 0 Å². The summed E-state index contributed by atoms with van der Waals surface area (Å²) in [5, 5.41) is 6.81. The molecule has 3 heterocycles. The maximum Gasteiger partial charge on any atom is 0.220 e. The molecule has 3 fully saturated rings. The number of benzene rings is 1. The fourth-order valence-corrected chi connectivity index (χ4v) is 4.64. The molecule has 1 amide bonds. The van der Waals surface area contributed by atoms with E-state index in [0.717, 1.165) is 39.1 Å². The van der Waals surface area contributed by atoms with Crippen molar-refractivity contribution in [1.29, 1.82) is 0 Å². The fourth-order valence-electron chi connectivity index (χ4n) is 4.64. The number of carbonyl (C=O) groups is 1. The highest BCUT2D eigenvalue weighted by molar-refractivity contribution is 5.85. The molecular formula is C20H31Cl2N3O2. The zero-order chi connectivity index (χ0) is 17.1. The van der Waals surface area contributed by atoms with Crippen LogP contribution in [-0.2, 0) is 16.1 Å². The summed E-state index contributed by atoms with van der Waals surface area (Å²) in [6, 6.07) is 9.70. The van der Waals surface area contributed by atoms with Gasteiger partial charge in [-0.15, -0.1) is 24.8 Å². The van der Waals surface area contributed by atoms with Crippen LogP contribution in [0.4, 0.5) is 5.69 Å². The Hall–Kier alpha value is -1.01. The summed E-state index contributed by atoms with van der Waals surface area (Å²) >= 11 is 0. The van der Waals surface area contributed by atoms with Crippen molar-refractivity contribution < 1.29 is 9.53 Å². The number of carbonyl (C=O) groups excluding carboxylic acids is 1. The SMILES string of the molecule is Cl.Cl.O=C(CC1CC2CCC(C1)N2)NCc1ccccc1N1CCOCC1. The van der Waals surface area contributed by atoms with Crippen LogP contribution >= 0.6 is 24.8 Å². The fraction of sp³-hybridized carbons (Fsp3) is 0.650. The Labute approximate surface area is 174 Å². The van der Waals surface area contributed by atoms with E-state index in [4.69, 9.17) is 4.74 Å². The highest BCUT2D eigenvalue weighted by Gasteiger charge is 2.34. The maximum atomic E-state index is 12.4. The van der Waals surface area contributed by atoms with Crippen LogP contribution in [0.15, 0.2) is 24.3 Å². The van der Waals surface area contributed by atoms with Crippen molar-refractivity contribution in [2.75, 3.05) is 31.2 Å². The van der Waals surface area contributed by atoms with E-state index in [9.17, 15) is 4.79 Å². The average molecular weight is 416 g/mol. The number of fused-ring (bicyclic) bond motifs is 2. The topological polar surface area (TPSA) is 53.6 Å². The standard InChI is InChI=1S/C20H29N3O2.2ClH/c24-20(13-15-11-17-5-6-18(12-15)22-17)21-14-16-3-1-2-4-19(16)23-7-9-25-10-8-23;;/h1-4,15,17-18,22H,5-14H2,(H,21,24);2*1H. The van der Waals surface area contributed by atoms with E-state index in [1.807, 2.05) is 0 Å². The van der Waals surface area contributed by atoms with Crippen molar-refractivity contribution in [3.8, 4) is 0 Å². The molecule has 3 saturated heterocycles. The second kappa shape index (κ2) is 10.5. The van der Waals surface area contributed by atoms with Crippen LogP contribution in [-0.4, -0.2) is 44.3 Å².